The molecule has 0 N–H and O–H groups in total. The van der Waals surface area contributed by atoms with Crippen LogP contribution in [0.1, 0.15) is 0 Å². The van der Waals surface area contributed by atoms with E-state index in [9.17, 15) is 9.36 Å². The van der Waals surface area contributed by atoms with E-state index in [1.54, 1.807) is 0 Å². The molecule has 1 atom stereocenters. The average Bonchev–Trinajstić information content (AvgIpc) is 2.41. The van der Waals surface area contributed by atoms with Crippen molar-refractivity contribution in [3.05, 3.63) is 60.7 Å². The van der Waals surface area contributed by atoms with Crippen LogP contribution in [0.5, 0.6) is 0 Å². The molecule has 0 saturated carbocycles. The topological polar surface area (TPSA) is 37.4 Å². The standard InChI is InChI=1S/C13H12NO2P/c15-13(17-16)14(11-7-3-1-4-8-11)12-9-5-2-6-10-12/h1-10H,17H2. The fourth-order valence-corrected chi connectivity index (χ4v) is 2.01. The van der Waals surface area contributed by atoms with Gasteiger partial charge in [-0.1, -0.05) is 36.4 Å². The summed E-state index contributed by atoms with van der Waals surface area (Å²) in [6.45, 7) is 0. The van der Waals surface area contributed by atoms with Gasteiger partial charge in [-0.2, -0.15) is 0 Å². The number of benzene rings is 2. The zero-order valence-electron chi connectivity index (χ0n) is 9.11. The Balaban J connectivity index is 2.47. The molecule has 0 aliphatic rings. The van der Waals surface area contributed by atoms with E-state index in [2.05, 4.69) is 0 Å². The monoisotopic (exact) mass is 245 g/mol. The van der Waals surface area contributed by atoms with E-state index >= 15 is 0 Å². The third-order valence-electron chi connectivity index (χ3n) is 2.35. The number of hydrogen-bond donors (Lipinski definition) is 0. The Labute approximate surface area is 101 Å². The van der Waals surface area contributed by atoms with Gasteiger partial charge in [-0.15, -0.1) is 0 Å². The molecule has 1 unspecified atom stereocenters. The lowest BCUT2D eigenvalue weighted by atomic mass is 10.2. The SMILES string of the molecule is O=[PH2]C(=O)N(c1ccccc1)c1ccccc1. The van der Waals surface area contributed by atoms with Gasteiger partial charge in [0.05, 0.1) is 0 Å². The van der Waals surface area contributed by atoms with Gasteiger partial charge in [-0.25, -0.2) is 0 Å². The van der Waals surface area contributed by atoms with Crippen molar-refractivity contribution in [2.24, 2.45) is 0 Å². The second kappa shape index (κ2) is 5.46. The Morgan fingerprint density at radius 1 is 0.824 bits per heavy atom. The second-order valence-corrected chi connectivity index (χ2v) is 4.19. The van der Waals surface area contributed by atoms with Crippen LogP contribution in [0, 0.1) is 0 Å². The summed E-state index contributed by atoms with van der Waals surface area (Å²) in [7, 11) is -1.48. The van der Waals surface area contributed by atoms with E-state index < -0.39 is 8.46 Å². The Hall–Kier alpha value is -1.86. The van der Waals surface area contributed by atoms with Crippen molar-refractivity contribution in [1.82, 2.24) is 0 Å². The first-order valence-electron chi connectivity index (χ1n) is 5.22. The Morgan fingerprint density at radius 2 is 1.24 bits per heavy atom. The molecule has 0 spiro atoms. The zero-order valence-corrected chi connectivity index (χ0v) is 10.3. The van der Waals surface area contributed by atoms with Crippen LogP contribution in [0.25, 0.3) is 0 Å². The van der Waals surface area contributed by atoms with Gasteiger partial charge in [0, 0.05) is 11.4 Å². The minimum absolute atomic E-state index is 0.373. The first-order chi connectivity index (χ1) is 8.33. The van der Waals surface area contributed by atoms with Gasteiger partial charge in [0.25, 0.3) is 5.65 Å². The van der Waals surface area contributed by atoms with Crippen molar-refractivity contribution in [1.29, 1.82) is 0 Å². The summed E-state index contributed by atoms with van der Waals surface area (Å²) in [5, 5.41) is 0. The minimum atomic E-state index is -1.48. The van der Waals surface area contributed by atoms with Crippen LogP contribution >= 0.6 is 8.46 Å². The van der Waals surface area contributed by atoms with Crippen molar-refractivity contribution < 1.29 is 9.36 Å². The molecular formula is C13H12NO2P. The maximum absolute atomic E-state index is 11.8. The number of anilines is 2. The van der Waals surface area contributed by atoms with Gasteiger partial charge in [-0.05, 0) is 24.3 Å². The van der Waals surface area contributed by atoms with Crippen LogP contribution in [0.15, 0.2) is 60.7 Å². The lowest BCUT2D eigenvalue weighted by molar-refractivity contribution is 0.266. The molecule has 2 aromatic rings. The molecule has 0 saturated heterocycles. The molecule has 0 aliphatic heterocycles. The molecule has 86 valence electrons. The third-order valence-corrected chi connectivity index (χ3v) is 2.81. The number of rotatable bonds is 3. The number of carbonyl (C=O) groups excluding carboxylic acids is 1. The first kappa shape index (κ1) is 11.6. The molecular weight excluding hydrogens is 233 g/mol. The van der Waals surface area contributed by atoms with E-state index in [4.69, 9.17) is 0 Å². The molecule has 4 heteroatoms. The minimum Gasteiger partial charge on any atom is -0.320 e. The molecule has 0 heterocycles. The zero-order chi connectivity index (χ0) is 12.1. The van der Waals surface area contributed by atoms with Crippen molar-refractivity contribution in [2.45, 2.75) is 0 Å². The molecule has 2 rings (SSSR count). The summed E-state index contributed by atoms with van der Waals surface area (Å²) >= 11 is 0. The van der Waals surface area contributed by atoms with Crippen molar-refractivity contribution in [3.63, 3.8) is 0 Å². The van der Waals surface area contributed by atoms with Crippen LogP contribution < -0.4 is 4.90 Å². The molecule has 0 bridgehead atoms. The van der Waals surface area contributed by atoms with Crippen LogP contribution in [0.3, 0.4) is 0 Å². The van der Waals surface area contributed by atoms with E-state index in [-0.39, 0.29) is 5.65 Å². The molecule has 0 aromatic heterocycles. The van der Waals surface area contributed by atoms with Gasteiger partial charge in [0.1, 0.15) is 0 Å². The number of amides is 1. The van der Waals surface area contributed by atoms with Gasteiger partial charge in [-0.3, -0.25) is 9.69 Å². The van der Waals surface area contributed by atoms with Gasteiger partial charge < -0.3 is 4.57 Å². The highest BCUT2D eigenvalue weighted by Gasteiger charge is 2.15. The summed E-state index contributed by atoms with van der Waals surface area (Å²) < 4.78 is 10.9. The highest BCUT2D eigenvalue weighted by Crippen LogP contribution is 2.27. The summed E-state index contributed by atoms with van der Waals surface area (Å²) in [4.78, 5) is 13.2. The first-order valence-corrected chi connectivity index (χ1v) is 6.27. The molecule has 1 amide bonds. The van der Waals surface area contributed by atoms with E-state index in [0.29, 0.717) is 0 Å². The van der Waals surface area contributed by atoms with E-state index in [0.717, 1.165) is 11.4 Å². The smallest absolute Gasteiger partial charge is 0.284 e. The quantitative estimate of drug-likeness (QED) is 0.773. The van der Waals surface area contributed by atoms with Crippen molar-refractivity contribution in [2.75, 3.05) is 4.90 Å². The number of hydrogen-bond acceptors (Lipinski definition) is 2. The molecule has 2 aromatic carbocycles. The predicted octanol–water partition coefficient (Wildman–Crippen LogP) is 3.70. The summed E-state index contributed by atoms with van der Waals surface area (Å²) in [6, 6.07) is 18.4. The Kier molecular flexibility index (Phi) is 3.73. The second-order valence-electron chi connectivity index (χ2n) is 3.46. The predicted molar refractivity (Wildman–Crippen MR) is 70.8 cm³/mol. The summed E-state index contributed by atoms with van der Waals surface area (Å²) in [5.74, 6) is 0. The number of para-hydroxylation sites is 2. The molecule has 0 radical (unpaired) electrons. The van der Waals surface area contributed by atoms with Gasteiger partial charge >= 0.3 is 0 Å². The van der Waals surface area contributed by atoms with E-state index in [1.807, 2.05) is 60.7 Å². The Bertz CT molecular complexity index is 474. The average molecular weight is 245 g/mol. The fraction of sp³-hybridized carbons (Fsp3) is 0. The lowest BCUT2D eigenvalue weighted by Crippen LogP contribution is -2.19. The highest BCUT2D eigenvalue weighted by molar-refractivity contribution is 7.46. The maximum Gasteiger partial charge on any atom is 0.284 e. The highest BCUT2D eigenvalue weighted by atomic mass is 31.1. The normalized spacial score (nSPS) is 10.6. The Morgan fingerprint density at radius 3 is 1.59 bits per heavy atom. The summed E-state index contributed by atoms with van der Waals surface area (Å²) in [5.41, 5.74) is 1.08. The fourth-order valence-electron chi connectivity index (χ4n) is 1.61. The van der Waals surface area contributed by atoms with Crippen LogP contribution in [0.4, 0.5) is 16.2 Å². The largest absolute Gasteiger partial charge is 0.320 e. The molecule has 0 fully saturated rings. The van der Waals surface area contributed by atoms with Crippen LogP contribution in [0.2, 0.25) is 0 Å². The number of nitrogens with zero attached hydrogens (tertiary/aromatic N) is 1. The summed E-state index contributed by atoms with van der Waals surface area (Å²) in [6.07, 6.45) is 0. The van der Waals surface area contributed by atoms with E-state index in [1.165, 1.54) is 4.90 Å². The number of carbonyl (C=O) groups is 1. The van der Waals surface area contributed by atoms with Crippen molar-refractivity contribution >= 4 is 25.5 Å². The van der Waals surface area contributed by atoms with Crippen LogP contribution in [-0.2, 0) is 4.57 Å². The van der Waals surface area contributed by atoms with Gasteiger partial charge in [0.2, 0.25) is 0 Å². The van der Waals surface area contributed by atoms with Crippen LogP contribution in [-0.4, -0.2) is 5.65 Å². The van der Waals surface area contributed by atoms with Crippen molar-refractivity contribution in [3.8, 4) is 0 Å². The lowest BCUT2D eigenvalue weighted by Gasteiger charge is -2.20. The molecule has 0 aliphatic carbocycles. The molecule has 17 heavy (non-hydrogen) atoms. The maximum atomic E-state index is 11.8. The molecule has 3 nitrogen and oxygen atoms in total. The van der Waals surface area contributed by atoms with Gasteiger partial charge in [0.15, 0.2) is 8.46 Å². The third kappa shape index (κ3) is 2.63.